The molecule has 3 aliphatic rings. The molecule has 3 rings (SSSR count). The largest absolute Gasteiger partial charge is 0.394 e. The summed E-state index contributed by atoms with van der Waals surface area (Å²) in [4.78, 5) is 13.0. The summed E-state index contributed by atoms with van der Waals surface area (Å²) in [5, 5.41) is 118. The van der Waals surface area contributed by atoms with Crippen LogP contribution in [0.5, 0.6) is 0 Å². The molecule has 0 radical (unpaired) electrons. The van der Waals surface area contributed by atoms with Crippen molar-refractivity contribution in [3.8, 4) is 0 Å². The fourth-order valence-corrected chi connectivity index (χ4v) is 7.95. The van der Waals surface area contributed by atoms with Crippen molar-refractivity contribution >= 4 is 5.91 Å². The monoisotopic (exact) mass is 924 g/mol. The van der Waals surface area contributed by atoms with E-state index in [0.29, 0.717) is 12.8 Å². The maximum Gasteiger partial charge on any atom is 0.220 e. The number of ether oxygens (including phenoxy) is 6. The van der Waals surface area contributed by atoms with Gasteiger partial charge in [0.25, 0.3) is 0 Å². The summed E-state index contributed by atoms with van der Waals surface area (Å²) in [5.41, 5.74) is 0. The van der Waals surface area contributed by atoms with Crippen molar-refractivity contribution in [2.75, 3.05) is 26.4 Å². The minimum atomic E-state index is -1.97. The Labute approximate surface area is 378 Å². The second-order valence-corrected chi connectivity index (χ2v) is 17.2. The highest BCUT2D eigenvalue weighted by Crippen LogP contribution is 2.33. The fraction of sp³-hybridized carbons (Fsp3) is 0.889. The lowest BCUT2D eigenvalue weighted by Crippen LogP contribution is -2.66. The van der Waals surface area contributed by atoms with E-state index < -0.39 is 124 Å². The molecule has 19 nitrogen and oxygen atoms in total. The molecular weight excluding hydrogens is 842 g/mol. The Morgan fingerprint density at radius 2 is 1.02 bits per heavy atom. The maximum absolute atomic E-state index is 13.0. The molecule has 0 aliphatic carbocycles. The normalized spacial score (nSPS) is 34.7. The molecule has 0 bridgehead atoms. The van der Waals surface area contributed by atoms with Gasteiger partial charge >= 0.3 is 0 Å². The summed E-state index contributed by atoms with van der Waals surface area (Å²) in [7, 11) is 0. The summed E-state index contributed by atoms with van der Waals surface area (Å²) in [6, 6.07) is -0.969. The van der Waals surface area contributed by atoms with Gasteiger partial charge in [-0.05, 0) is 38.5 Å². The standard InChI is InChI=1S/C45H81NO18/c1-3-5-7-8-9-10-11-12-13-14-15-16-17-18-19-21-23-33(51)46-28(29(50)22-20-6-4-2)27-59-43-39(57)36(54)41(31(25-48)61-43)64-45-40(58)37(55)42(32(26-49)62-45)63-44-38(56)35(53)34(52)30(24-47)60-44/h13-14,20,22,28-32,34-45,47-50,52-58H,3-12,15-19,21,23-27H2,1-2H3,(H,46,51)/b14-13-,22-20+. The molecule has 17 unspecified atom stereocenters. The highest BCUT2D eigenvalue weighted by atomic mass is 16.8. The first-order valence-electron chi connectivity index (χ1n) is 23.6. The Bertz CT molecular complexity index is 1290. The summed E-state index contributed by atoms with van der Waals surface area (Å²) in [6.45, 7) is 1.43. The van der Waals surface area contributed by atoms with Gasteiger partial charge in [-0.2, -0.15) is 0 Å². The molecule has 17 atom stereocenters. The van der Waals surface area contributed by atoms with E-state index in [-0.39, 0.29) is 18.9 Å². The van der Waals surface area contributed by atoms with E-state index in [1.807, 2.05) is 6.92 Å². The van der Waals surface area contributed by atoms with Gasteiger partial charge in [0.05, 0.1) is 38.6 Å². The van der Waals surface area contributed by atoms with Crippen LogP contribution in [0.2, 0.25) is 0 Å². The third-order valence-corrected chi connectivity index (χ3v) is 12.0. The van der Waals surface area contributed by atoms with Gasteiger partial charge in [-0.1, -0.05) is 102 Å². The highest BCUT2D eigenvalue weighted by Gasteiger charge is 2.53. The van der Waals surface area contributed by atoms with Crippen molar-refractivity contribution in [2.24, 2.45) is 0 Å². The molecule has 1 amide bonds. The Hall–Kier alpha value is -1.73. The second kappa shape index (κ2) is 31.3. The molecule has 3 heterocycles. The van der Waals surface area contributed by atoms with Gasteiger partial charge in [0.15, 0.2) is 18.9 Å². The van der Waals surface area contributed by atoms with Gasteiger partial charge in [-0.15, -0.1) is 0 Å². The van der Waals surface area contributed by atoms with E-state index in [0.717, 1.165) is 44.9 Å². The Morgan fingerprint density at radius 1 is 0.547 bits per heavy atom. The van der Waals surface area contributed by atoms with Crippen LogP contribution in [0.4, 0.5) is 0 Å². The highest BCUT2D eigenvalue weighted by molar-refractivity contribution is 5.76. The van der Waals surface area contributed by atoms with Gasteiger partial charge in [-0.3, -0.25) is 4.79 Å². The minimum Gasteiger partial charge on any atom is -0.394 e. The van der Waals surface area contributed by atoms with Crippen molar-refractivity contribution in [1.82, 2.24) is 5.32 Å². The van der Waals surface area contributed by atoms with Crippen LogP contribution in [-0.4, -0.2) is 193 Å². The zero-order valence-electron chi connectivity index (χ0n) is 37.8. The molecule has 0 spiro atoms. The Morgan fingerprint density at radius 3 is 1.55 bits per heavy atom. The van der Waals surface area contributed by atoms with Crippen LogP contribution in [0.15, 0.2) is 24.3 Å². The summed E-state index contributed by atoms with van der Waals surface area (Å²) in [5.74, 6) is -0.299. The minimum absolute atomic E-state index is 0.231. The van der Waals surface area contributed by atoms with Gasteiger partial charge < -0.3 is 89.9 Å². The molecule has 0 aromatic rings. The SMILES string of the molecule is CCC/C=C/C(O)C(COC1OC(CO)C(OC2OC(CO)C(OC3OC(CO)C(O)C(O)C3O)C(O)C2O)C(O)C1O)NC(=O)CCCCCCC/C=C\CCCCCCCCC. The third kappa shape index (κ3) is 18.1. The predicted octanol–water partition coefficient (Wildman–Crippen LogP) is 0.0809. The van der Waals surface area contributed by atoms with E-state index in [2.05, 4.69) is 24.4 Å². The molecule has 0 aromatic heterocycles. The number of allylic oxidation sites excluding steroid dienone is 3. The maximum atomic E-state index is 13.0. The van der Waals surface area contributed by atoms with Crippen LogP contribution < -0.4 is 5.32 Å². The predicted molar refractivity (Wildman–Crippen MR) is 231 cm³/mol. The van der Waals surface area contributed by atoms with Crippen LogP contribution in [0.3, 0.4) is 0 Å². The van der Waals surface area contributed by atoms with Crippen molar-refractivity contribution in [2.45, 2.75) is 227 Å². The van der Waals surface area contributed by atoms with Gasteiger partial charge in [0.1, 0.15) is 73.2 Å². The Kier molecular flexibility index (Phi) is 27.7. The van der Waals surface area contributed by atoms with Crippen LogP contribution in [0.1, 0.15) is 123 Å². The lowest BCUT2D eigenvalue weighted by atomic mass is 9.96. The van der Waals surface area contributed by atoms with Crippen LogP contribution in [0, 0.1) is 0 Å². The lowest BCUT2D eigenvalue weighted by molar-refractivity contribution is -0.379. The van der Waals surface area contributed by atoms with E-state index >= 15 is 0 Å². The number of hydrogen-bond donors (Lipinski definition) is 12. The number of hydrogen-bond acceptors (Lipinski definition) is 18. The van der Waals surface area contributed by atoms with E-state index in [9.17, 15) is 61.0 Å². The molecular formula is C45H81NO18. The number of aliphatic hydroxyl groups is 11. The van der Waals surface area contributed by atoms with Gasteiger partial charge in [-0.25, -0.2) is 0 Å². The Balaban J connectivity index is 1.49. The molecule has 3 saturated heterocycles. The van der Waals surface area contributed by atoms with E-state index in [4.69, 9.17) is 28.4 Å². The number of unbranched alkanes of at least 4 members (excludes halogenated alkanes) is 13. The van der Waals surface area contributed by atoms with E-state index in [1.165, 1.54) is 51.0 Å². The van der Waals surface area contributed by atoms with E-state index in [1.54, 1.807) is 6.08 Å². The first-order valence-corrected chi connectivity index (χ1v) is 23.6. The average Bonchev–Trinajstić information content (AvgIpc) is 3.29. The third-order valence-electron chi connectivity index (χ3n) is 12.0. The number of carbonyl (C=O) groups is 1. The van der Waals surface area contributed by atoms with Crippen molar-refractivity contribution < 1.29 is 89.4 Å². The topological polar surface area (TPSA) is 307 Å². The molecule has 374 valence electrons. The number of rotatable bonds is 31. The van der Waals surface area contributed by atoms with Crippen LogP contribution in [0.25, 0.3) is 0 Å². The van der Waals surface area contributed by atoms with Crippen molar-refractivity contribution in [1.29, 1.82) is 0 Å². The summed E-state index contributed by atoms with van der Waals surface area (Å²) in [6.07, 6.45) is -1.13. The first kappa shape index (κ1) is 56.6. The smallest absolute Gasteiger partial charge is 0.220 e. The quantitative estimate of drug-likeness (QED) is 0.0324. The number of aliphatic hydroxyl groups excluding tert-OH is 11. The summed E-state index contributed by atoms with van der Waals surface area (Å²) < 4.78 is 33.8. The zero-order chi connectivity index (χ0) is 47.0. The molecule has 3 aliphatic heterocycles. The van der Waals surface area contributed by atoms with Crippen LogP contribution >= 0.6 is 0 Å². The molecule has 0 saturated carbocycles. The average molecular weight is 924 g/mol. The van der Waals surface area contributed by atoms with Crippen LogP contribution in [-0.2, 0) is 33.2 Å². The number of amides is 1. The number of carbonyl (C=O) groups excluding carboxylic acids is 1. The summed E-state index contributed by atoms with van der Waals surface area (Å²) >= 11 is 0. The first-order chi connectivity index (χ1) is 30.8. The molecule has 19 heteroatoms. The number of nitrogens with one attached hydrogen (secondary N) is 1. The van der Waals surface area contributed by atoms with Crippen molar-refractivity contribution in [3.63, 3.8) is 0 Å². The van der Waals surface area contributed by atoms with Gasteiger partial charge in [0.2, 0.25) is 5.91 Å². The zero-order valence-corrected chi connectivity index (χ0v) is 37.8. The van der Waals surface area contributed by atoms with Gasteiger partial charge in [0, 0.05) is 6.42 Å². The molecule has 3 fully saturated rings. The molecule has 12 N–H and O–H groups in total. The fourth-order valence-electron chi connectivity index (χ4n) is 7.95. The molecule has 64 heavy (non-hydrogen) atoms. The second-order valence-electron chi connectivity index (χ2n) is 17.2. The molecule has 0 aromatic carbocycles. The van der Waals surface area contributed by atoms with Crippen molar-refractivity contribution in [3.05, 3.63) is 24.3 Å². The lowest BCUT2D eigenvalue weighted by Gasteiger charge is -2.48.